The van der Waals surface area contributed by atoms with Crippen molar-refractivity contribution in [2.45, 2.75) is 60.7 Å². The van der Waals surface area contributed by atoms with Gasteiger partial charge in [-0.1, -0.05) is 217 Å². The van der Waals surface area contributed by atoms with E-state index in [1.165, 1.54) is 16.7 Å². The van der Waals surface area contributed by atoms with Crippen molar-refractivity contribution in [2.75, 3.05) is 0 Å². The van der Waals surface area contributed by atoms with Crippen LogP contribution in [-0.4, -0.2) is 60.8 Å². The van der Waals surface area contributed by atoms with Crippen LogP contribution in [0.15, 0.2) is 326 Å². The van der Waals surface area contributed by atoms with Crippen molar-refractivity contribution in [2.24, 2.45) is 15.0 Å². The van der Waals surface area contributed by atoms with Gasteiger partial charge in [0.15, 0.2) is 0 Å². The van der Waals surface area contributed by atoms with Crippen molar-refractivity contribution < 1.29 is 131 Å². The molecule has 15 rings (SSSR count). The molecular weight excluding hydrogens is 2080 g/mol. The van der Waals surface area contributed by atoms with Crippen molar-refractivity contribution in [3.8, 4) is 0 Å². The number of hydrogen-bond acceptors (Lipinski definition) is 10. The van der Waals surface area contributed by atoms with Gasteiger partial charge < -0.3 is 53.5 Å². The minimum atomic E-state index is 0. The third kappa shape index (κ3) is 26.6. The zero-order valence-electron chi connectivity index (χ0n) is 62.6. The summed E-state index contributed by atoms with van der Waals surface area (Å²) in [7, 11) is 0. The topological polar surface area (TPSA) is 337 Å². The summed E-state index contributed by atoms with van der Waals surface area (Å²) >= 11 is 0. The van der Waals surface area contributed by atoms with Crippen LogP contribution in [0.3, 0.4) is 0 Å². The first-order valence-corrected chi connectivity index (χ1v) is 34.2. The fourth-order valence-electron chi connectivity index (χ4n) is 11.3. The number of hydrogen-bond donors (Lipinski definition) is 0. The van der Waals surface area contributed by atoms with Gasteiger partial charge in [-0.05, 0) is 153 Å². The Morgan fingerprint density at radius 1 is 0.277 bits per heavy atom. The van der Waals surface area contributed by atoms with Crippen LogP contribution in [0.4, 0.5) is 34.1 Å². The summed E-state index contributed by atoms with van der Waals surface area (Å²) in [5, 5.41) is 20.7. The molecule has 22 heteroatoms. The van der Waals surface area contributed by atoms with E-state index < -0.39 is 0 Å². The Morgan fingerprint density at radius 3 is 0.705 bits per heavy atom. The Balaban J connectivity index is 0.000000401. The van der Waals surface area contributed by atoms with Crippen molar-refractivity contribution in [3.05, 3.63) is 360 Å². The molecule has 566 valence electrons. The number of aromatic nitrogens is 6. The first-order chi connectivity index (χ1) is 50.5. The number of aliphatic imine (C=N–C) groups is 3. The molecule has 0 aliphatic heterocycles. The summed E-state index contributed by atoms with van der Waals surface area (Å²) < 4.78 is 5.25. The number of nitrogens with zero attached hydrogens (tertiary/aromatic N) is 12. The van der Waals surface area contributed by atoms with Crippen molar-refractivity contribution in [1.82, 2.24) is 29.9 Å². The Labute approximate surface area is 724 Å². The van der Waals surface area contributed by atoms with Gasteiger partial charge in [-0.3, -0.25) is 44.9 Å². The van der Waals surface area contributed by atoms with E-state index in [0.29, 0.717) is 12.2 Å². The van der Waals surface area contributed by atoms with E-state index in [1.807, 2.05) is 247 Å². The van der Waals surface area contributed by atoms with Crippen LogP contribution in [0.1, 0.15) is 61.1 Å². The second-order valence-electron chi connectivity index (χ2n) is 24.9. The number of pyridine rings is 6. The Morgan fingerprint density at radius 2 is 0.482 bits per heavy atom. The first-order valence-electron chi connectivity index (χ1n) is 34.2. The van der Waals surface area contributed by atoms with Crippen LogP contribution in [0.5, 0.6) is 0 Å². The Bertz CT molecular complexity index is 5040. The molecule has 0 amide bonds. The molecule has 0 fully saturated rings. The summed E-state index contributed by atoms with van der Waals surface area (Å²) in [6, 6.07) is 85.1. The predicted molar refractivity (Wildman–Crippen MR) is 437 cm³/mol. The monoisotopic (exact) mass is 2150 g/mol. The average Bonchev–Trinajstić information content (AvgIpc) is 0.836. The van der Waals surface area contributed by atoms with Crippen LogP contribution < -0.4 is 0 Å². The van der Waals surface area contributed by atoms with E-state index in [-0.39, 0.29) is 126 Å². The minimum Gasteiger partial charge on any atom is -2.00 e. The van der Waals surface area contributed by atoms with Gasteiger partial charge in [0.1, 0.15) is 0 Å². The fraction of sp³-hybridized carbons (Fsp3) is 0.100. The second kappa shape index (κ2) is 48.7. The van der Waals surface area contributed by atoms with Gasteiger partial charge in [-0.15, -0.1) is 17.1 Å². The molecule has 0 radical (unpaired) electrons. The van der Waals surface area contributed by atoms with Crippen LogP contribution in [0.25, 0.3) is 98.1 Å². The van der Waals surface area contributed by atoms with Gasteiger partial charge in [-0.2, -0.15) is 18.6 Å². The van der Waals surface area contributed by atoms with E-state index in [0.717, 1.165) is 133 Å². The molecule has 0 N–H and O–H groups in total. The van der Waals surface area contributed by atoms with E-state index in [1.54, 1.807) is 37.2 Å². The van der Waals surface area contributed by atoms with Crippen LogP contribution in [-0.2, 0) is 37.6 Å². The average molecular weight is 2150 g/mol. The molecule has 6 heterocycles. The molecule has 15 aromatic rings. The maximum absolute atomic E-state index is 5.25. The summed E-state index contributed by atoms with van der Waals surface area (Å²) in [6.45, 7) is 14.4. The number of benzene rings is 9. The molecule has 112 heavy (non-hydrogen) atoms. The van der Waals surface area contributed by atoms with Gasteiger partial charge in [0, 0.05) is 165 Å². The van der Waals surface area contributed by atoms with Crippen LogP contribution in [0.2, 0.25) is 0 Å². The maximum Gasteiger partial charge on any atom is 0.0958 e. The largest absolute Gasteiger partial charge is 2.00 e. The molecule has 0 saturated heterocycles. The van der Waals surface area contributed by atoms with E-state index in [9.17, 15) is 0 Å². The third-order valence-corrected chi connectivity index (χ3v) is 16.4. The molecule has 0 spiro atoms. The number of ether oxygens (including phenoxy) is 1. The third-order valence-electron chi connectivity index (χ3n) is 16.4. The smallest absolute Gasteiger partial charge is 0.0958 e. The van der Waals surface area contributed by atoms with E-state index in [2.05, 4.69) is 123 Å². The normalized spacial score (nSPS) is 11.0. The summed E-state index contributed by atoms with van der Waals surface area (Å²) in [4.78, 5) is 41.4. The van der Waals surface area contributed by atoms with Gasteiger partial charge in [0.05, 0.1) is 62.4 Å². The number of para-hydroxylation sites is 6. The van der Waals surface area contributed by atoms with Gasteiger partial charge in [0.25, 0.3) is 0 Å². The molecule has 0 bridgehead atoms. The number of fused-ring (bicyclic) bond motifs is 6. The Hall–Kier alpha value is -10.1. The summed E-state index contributed by atoms with van der Waals surface area (Å²) in [6.07, 6.45) is 22.6. The first kappa shape index (κ1) is 96.1. The zero-order valence-corrected chi connectivity index (χ0v) is 75.0. The number of aryl methyl sites for hydroxylation is 3. The van der Waals surface area contributed by atoms with E-state index in [4.69, 9.17) is 35.7 Å². The van der Waals surface area contributed by atoms with Crippen LogP contribution in [0, 0.1) is 114 Å². The maximum atomic E-state index is 5.25. The predicted octanol–water partition coefficient (Wildman–Crippen LogP) is 23.7. The minimum absolute atomic E-state index is 0. The molecule has 6 aromatic heterocycles. The van der Waals surface area contributed by atoms with Gasteiger partial charge >= 0.3 is 0 Å². The molecular formula is C90H77N12O7U3-15. The summed E-state index contributed by atoms with van der Waals surface area (Å²) in [5.74, 6) is 0. The molecule has 19 nitrogen and oxygen atoms in total. The Kier molecular flexibility index (Phi) is 41.8. The summed E-state index contributed by atoms with van der Waals surface area (Å²) in [5.41, 5.74) is 19.7. The second-order valence-corrected chi connectivity index (χ2v) is 24.9. The molecule has 9 aromatic carbocycles. The quantitative estimate of drug-likeness (QED) is 0.0792. The zero-order chi connectivity index (χ0) is 71.1. The fourth-order valence-corrected chi connectivity index (χ4v) is 11.3. The molecule has 0 unspecified atom stereocenters. The van der Waals surface area contributed by atoms with E-state index >= 15 is 0 Å². The van der Waals surface area contributed by atoms with Gasteiger partial charge in [-0.25, -0.2) is 0 Å². The van der Waals surface area contributed by atoms with Crippen molar-refractivity contribution in [1.29, 1.82) is 0 Å². The SMILES string of the molecule is CC(C)OC(C)C.Cc1ccc(/C(C=Nc2cccc3cccnc23)=C/[N-]c2cccc3cccnc23)cc1.Cc1ccc(/C(C=Nc2cccc3cccnc23)=C/[N-]c2cccc3cccnc23)cc1.Cc1ccc(/C(C=Nc2cccc3cccnc23)=C/[N-]c2cccc3cccnc23)cc1.[O-2].[O-2].[O-2].[O-2].[O-2].[O-2].[U].[U].[U]. The van der Waals surface area contributed by atoms with Crippen LogP contribution >= 0.6 is 0 Å². The van der Waals surface area contributed by atoms with Gasteiger partial charge in [0.2, 0.25) is 0 Å². The standard InChI is InChI=1S/3C28H21N4.C6H14O.6O.3U/c3*1-20-12-14-21(15-13-20)24(18-31-25-10-2-6-22-8-4-16-29-27(22)25)19-32-26-11-3-7-23-9-5-17-30-28(23)26;1-5(2)7-6(3)4;;;;;;;;;/h3*2-19H,1H3;5-6H,1-4H3;;;;;;;;;/q3*-1;;6*-2;;;/b3*24-18+,32-19?;;;;;;;;;;. The van der Waals surface area contributed by atoms with Crippen molar-refractivity contribution in [3.63, 3.8) is 0 Å². The molecule has 0 atom stereocenters. The van der Waals surface area contributed by atoms with Crippen molar-refractivity contribution >= 4 is 135 Å². The molecule has 0 saturated carbocycles. The molecule has 0 aliphatic carbocycles. The number of rotatable bonds is 17. The number of allylic oxidation sites excluding steroid dienone is 3. The molecule has 0 aliphatic rings.